The van der Waals surface area contributed by atoms with E-state index in [-0.39, 0.29) is 11.2 Å². The highest BCUT2D eigenvalue weighted by Crippen LogP contribution is 2.41. The van der Waals surface area contributed by atoms with E-state index in [1.807, 2.05) is 60.8 Å². The number of rotatable bonds is 6. The molecule has 1 aliphatic rings. The highest BCUT2D eigenvalue weighted by atomic mass is 16.5. The topological polar surface area (TPSA) is 38.3 Å². The number of hydrogen-bond donors (Lipinski definition) is 1. The van der Waals surface area contributed by atoms with Crippen LogP contribution in [0.3, 0.4) is 0 Å². The third kappa shape index (κ3) is 5.00. The monoisotopic (exact) mass is 363 g/mol. The third-order valence-corrected chi connectivity index (χ3v) is 5.81. The number of carbonyl (C=O) groups excluding carboxylic acids is 1. The molecule has 0 spiro atoms. The summed E-state index contributed by atoms with van der Waals surface area (Å²) in [6.45, 7) is 6.85. The van der Waals surface area contributed by atoms with Crippen molar-refractivity contribution in [2.45, 2.75) is 46.5 Å². The third-order valence-electron chi connectivity index (χ3n) is 5.81. The van der Waals surface area contributed by atoms with Crippen molar-refractivity contribution in [1.82, 2.24) is 0 Å². The number of carbonyl (C=O) groups is 1. The van der Waals surface area contributed by atoms with Crippen molar-refractivity contribution in [3.05, 3.63) is 66.4 Å². The average molecular weight is 364 g/mol. The molecule has 1 atom stereocenters. The zero-order chi connectivity index (χ0) is 19.3. The predicted octanol–water partition coefficient (Wildman–Crippen LogP) is 6.58. The van der Waals surface area contributed by atoms with Crippen molar-refractivity contribution >= 4 is 11.5 Å². The minimum absolute atomic E-state index is 0.273. The summed E-state index contributed by atoms with van der Waals surface area (Å²) in [6.07, 6.45) is 5.55. The minimum atomic E-state index is 0.273. The molecule has 27 heavy (non-hydrogen) atoms. The van der Waals surface area contributed by atoms with E-state index in [0.717, 1.165) is 42.0 Å². The van der Waals surface area contributed by atoms with Gasteiger partial charge in [0, 0.05) is 23.9 Å². The van der Waals surface area contributed by atoms with Crippen molar-refractivity contribution in [2.24, 2.45) is 11.3 Å². The van der Waals surface area contributed by atoms with Crippen LogP contribution in [-0.4, -0.2) is 5.78 Å². The first-order valence-electron chi connectivity index (χ1n) is 9.79. The fourth-order valence-electron chi connectivity index (χ4n) is 3.46. The lowest BCUT2D eigenvalue weighted by atomic mass is 9.68. The zero-order valence-electron chi connectivity index (χ0n) is 16.5. The predicted molar refractivity (Wildman–Crippen MR) is 111 cm³/mol. The number of allylic oxidation sites excluding steroid dienone is 1. The standard InChI is InChI=1S/C24H29NO2/c1-4-24(2,3)19-10-15-23(26)18(16-19)17-25-20-11-13-22(14-12-20)27-21-8-6-5-7-9-21/h5-9,11-14,17,19,25H,4,10,15-16H2,1-3H3/b18-17+/t19-/m0/s1. The van der Waals surface area contributed by atoms with Gasteiger partial charge in [-0.25, -0.2) is 0 Å². The maximum absolute atomic E-state index is 12.3. The molecule has 0 amide bonds. The first-order valence-corrected chi connectivity index (χ1v) is 9.79. The highest BCUT2D eigenvalue weighted by molar-refractivity contribution is 5.96. The molecule has 3 nitrogen and oxygen atoms in total. The zero-order valence-corrected chi connectivity index (χ0v) is 16.5. The lowest BCUT2D eigenvalue weighted by Crippen LogP contribution is -2.29. The average Bonchev–Trinajstić information content (AvgIpc) is 2.69. The van der Waals surface area contributed by atoms with Gasteiger partial charge in [0.1, 0.15) is 11.5 Å². The Morgan fingerprint density at radius 2 is 1.74 bits per heavy atom. The Bertz CT molecular complexity index is 791. The fraction of sp³-hybridized carbons (Fsp3) is 0.375. The van der Waals surface area contributed by atoms with Crippen molar-refractivity contribution < 1.29 is 9.53 Å². The van der Waals surface area contributed by atoms with Gasteiger partial charge in [-0.2, -0.15) is 0 Å². The molecule has 0 heterocycles. The molecule has 0 aromatic heterocycles. The Morgan fingerprint density at radius 1 is 1.07 bits per heavy atom. The number of para-hydroxylation sites is 1. The molecule has 1 N–H and O–H groups in total. The molecule has 2 aromatic carbocycles. The second kappa shape index (κ2) is 8.43. The summed E-state index contributed by atoms with van der Waals surface area (Å²) in [4.78, 5) is 12.3. The van der Waals surface area contributed by atoms with E-state index in [9.17, 15) is 4.79 Å². The number of anilines is 1. The molecule has 0 aliphatic heterocycles. The summed E-state index contributed by atoms with van der Waals surface area (Å²) in [5.74, 6) is 2.44. The largest absolute Gasteiger partial charge is 0.457 e. The maximum Gasteiger partial charge on any atom is 0.160 e. The number of hydrogen-bond acceptors (Lipinski definition) is 3. The molecule has 1 fully saturated rings. The molecule has 0 saturated heterocycles. The van der Waals surface area contributed by atoms with Crippen LogP contribution >= 0.6 is 0 Å². The first kappa shape index (κ1) is 19.2. The van der Waals surface area contributed by atoms with E-state index < -0.39 is 0 Å². The summed E-state index contributed by atoms with van der Waals surface area (Å²) in [5, 5.41) is 3.29. The van der Waals surface area contributed by atoms with Gasteiger partial charge in [0.25, 0.3) is 0 Å². The van der Waals surface area contributed by atoms with Crippen LogP contribution in [0.1, 0.15) is 46.5 Å². The number of ether oxygens (including phenoxy) is 1. The summed E-state index contributed by atoms with van der Waals surface area (Å²) in [6, 6.07) is 17.5. The fourth-order valence-corrected chi connectivity index (χ4v) is 3.46. The summed E-state index contributed by atoms with van der Waals surface area (Å²) in [7, 11) is 0. The number of Topliss-reactive ketones (excluding diaryl/α,β-unsaturated/α-hetero) is 1. The quantitative estimate of drug-likeness (QED) is 0.589. The Hall–Kier alpha value is -2.55. The summed E-state index contributed by atoms with van der Waals surface area (Å²) in [5.41, 5.74) is 2.14. The molecule has 0 radical (unpaired) electrons. The van der Waals surface area contributed by atoms with Gasteiger partial charge in [-0.3, -0.25) is 4.79 Å². The molecule has 142 valence electrons. The second-order valence-corrected chi connectivity index (χ2v) is 7.96. The number of benzene rings is 2. The van der Waals surface area contributed by atoms with E-state index in [1.54, 1.807) is 0 Å². The van der Waals surface area contributed by atoms with Gasteiger partial charge in [-0.05, 0) is 60.6 Å². The van der Waals surface area contributed by atoms with Gasteiger partial charge < -0.3 is 10.1 Å². The minimum Gasteiger partial charge on any atom is -0.457 e. The Labute approximate surface area is 162 Å². The van der Waals surface area contributed by atoms with Crippen molar-refractivity contribution in [3.63, 3.8) is 0 Å². The normalized spacial score (nSPS) is 19.1. The Balaban J connectivity index is 1.63. The molecule has 1 aliphatic carbocycles. The molecule has 0 unspecified atom stereocenters. The van der Waals surface area contributed by atoms with Crippen molar-refractivity contribution in [3.8, 4) is 11.5 Å². The molecular formula is C24H29NO2. The Kier molecular flexibility index (Phi) is 6.00. The van der Waals surface area contributed by atoms with Crippen LogP contribution in [0, 0.1) is 11.3 Å². The molecule has 3 heteroatoms. The Morgan fingerprint density at radius 3 is 2.41 bits per heavy atom. The van der Waals surface area contributed by atoms with Crippen LogP contribution in [0.2, 0.25) is 0 Å². The maximum atomic E-state index is 12.3. The van der Waals surface area contributed by atoms with E-state index in [2.05, 4.69) is 26.1 Å². The van der Waals surface area contributed by atoms with Crippen LogP contribution in [0.15, 0.2) is 66.4 Å². The molecular weight excluding hydrogens is 334 g/mol. The number of nitrogens with one attached hydrogen (secondary N) is 1. The molecule has 2 aromatic rings. The van der Waals surface area contributed by atoms with Crippen LogP contribution in [0.4, 0.5) is 5.69 Å². The van der Waals surface area contributed by atoms with Gasteiger partial charge in [0.15, 0.2) is 5.78 Å². The van der Waals surface area contributed by atoms with Crippen molar-refractivity contribution in [1.29, 1.82) is 0 Å². The SMILES string of the molecule is CCC(C)(C)[C@H]1CCC(=O)/C(=C/Nc2ccc(Oc3ccccc3)cc2)C1. The van der Waals surface area contributed by atoms with E-state index in [4.69, 9.17) is 4.74 Å². The van der Waals surface area contributed by atoms with Gasteiger partial charge in [-0.1, -0.05) is 45.4 Å². The second-order valence-electron chi connectivity index (χ2n) is 7.96. The van der Waals surface area contributed by atoms with Crippen LogP contribution in [-0.2, 0) is 4.79 Å². The number of ketones is 1. The molecule has 3 rings (SSSR count). The van der Waals surface area contributed by atoms with E-state index >= 15 is 0 Å². The lowest BCUT2D eigenvalue weighted by Gasteiger charge is -2.36. The lowest BCUT2D eigenvalue weighted by molar-refractivity contribution is -0.117. The van der Waals surface area contributed by atoms with Crippen LogP contribution in [0.25, 0.3) is 0 Å². The molecule has 1 saturated carbocycles. The van der Waals surface area contributed by atoms with Gasteiger partial charge in [-0.15, -0.1) is 0 Å². The van der Waals surface area contributed by atoms with Crippen LogP contribution in [0.5, 0.6) is 11.5 Å². The smallest absolute Gasteiger partial charge is 0.160 e. The van der Waals surface area contributed by atoms with Crippen LogP contribution < -0.4 is 10.1 Å². The van der Waals surface area contributed by atoms with Crippen molar-refractivity contribution in [2.75, 3.05) is 5.32 Å². The highest BCUT2D eigenvalue weighted by Gasteiger charge is 2.33. The molecule has 0 bridgehead atoms. The summed E-state index contributed by atoms with van der Waals surface area (Å²) < 4.78 is 5.81. The first-order chi connectivity index (χ1) is 13.0. The van der Waals surface area contributed by atoms with Gasteiger partial charge in [0.05, 0.1) is 0 Å². The van der Waals surface area contributed by atoms with E-state index in [1.165, 1.54) is 0 Å². The van der Waals surface area contributed by atoms with Gasteiger partial charge >= 0.3 is 0 Å². The van der Waals surface area contributed by atoms with Gasteiger partial charge in [0.2, 0.25) is 0 Å². The van der Waals surface area contributed by atoms with E-state index in [0.29, 0.717) is 12.3 Å². The summed E-state index contributed by atoms with van der Waals surface area (Å²) >= 11 is 0.